The number of nitrogens with zero attached hydrogens (tertiary/aromatic N) is 2. The summed E-state index contributed by atoms with van der Waals surface area (Å²) in [5.41, 5.74) is 1.30. The summed E-state index contributed by atoms with van der Waals surface area (Å²) in [5, 5.41) is 3.37. The second-order valence-corrected chi connectivity index (χ2v) is 11.4. The maximum absolute atomic E-state index is 13.8. The molecule has 3 aromatic rings. The topological polar surface area (TPSA) is 86.8 Å². The van der Waals surface area contributed by atoms with Crippen molar-refractivity contribution >= 4 is 39.1 Å². The van der Waals surface area contributed by atoms with Crippen molar-refractivity contribution in [2.75, 3.05) is 17.4 Å². The molecule has 2 atom stereocenters. The Morgan fingerprint density at radius 2 is 1.47 bits per heavy atom. The van der Waals surface area contributed by atoms with Gasteiger partial charge in [-0.25, -0.2) is 8.42 Å². The molecule has 9 heteroatoms. The first kappa shape index (κ1) is 29.2. The lowest BCUT2D eigenvalue weighted by molar-refractivity contribution is -0.139. The van der Waals surface area contributed by atoms with Crippen molar-refractivity contribution in [3.63, 3.8) is 0 Å². The number of nitrogens with one attached hydrogen (secondary N) is 1. The van der Waals surface area contributed by atoms with E-state index >= 15 is 0 Å². The molecule has 0 spiro atoms. The molecule has 1 N–H and O–H groups in total. The van der Waals surface area contributed by atoms with Crippen molar-refractivity contribution < 1.29 is 18.0 Å². The summed E-state index contributed by atoms with van der Waals surface area (Å²) in [5.74, 6) is -0.771. The van der Waals surface area contributed by atoms with Crippen LogP contribution in [-0.2, 0) is 26.0 Å². The van der Waals surface area contributed by atoms with Crippen molar-refractivity contribution in [2.45, 2.75) is 50.6 Å². The van der Waals surface area contributed by atoms with Crippen LogP contribution < -0.4 is 9.62 Å². The number of benzene rings is 3. The molecular formula is C29H34ClN3O4S. The molecule has 0 saturated heterocycles. The molecule has 0 aliphatic heterocycles. The first-order chi connectivity index (χ1) is 18.1. The lowest BCUT2D eigenvalue weighted by Crippen LogP contribution is -2.53. The highest BCUT2D eigenvalue weighted by molar-refractivity contribution is 7.92. The molecule has 0 saturated carbocycles. The van der Waals surface area contributed by atoms with E-state index in [2.05, 4.69) is 5.32 Å². The number of rotatable bonds is 12. The zero-order chi connectivity index (χ0) is 27.7. The fraction of sp³-hybridized carbons (Fsp3) is 0.310. The number of hydrogen-bond donors (Lipinski definition) is 1. The van der Waals surface area contributed by atoms with Crippen LogP contribution in [0.25, 0.3) is 0 Å². The number of carbonyl (C=O) groups excluding carboxylic acids is 2. The molecule has 38 heavy (non-hydrogen) atoms. The Morgan fingerprint density at radius 1 is 0.895 bits per heavy atom. The summed E-state index contributed by atoms with van der Waals surface area (Å²) in [6.45, 7) is 5.30. The Hall–Kier alpha value is -3.36. The van der Waals surface area contributed by atoms with Gasteiger partial charge in [0.25, 0.3) is 10.0 Å². The van der Waals surface area contributed by atoms with Gasteiger partial charge in [0.1, 0.15) is 12.6 Å². The second-order valence-electron chi connectivity index (χ2n) is 9.12. The first-order valence-corrected chi connectivity index (χ1v) is 14.4. The highest BCUT2D eigenvalue weighted by atomic mass is 35.5. The van der Waals surface area contributed by atoms with Crippen LogP contribution in [0.1, 0.15) is 32.8 Å². The Kier molecular flexibility index (Phi) is 10.3. The van der Waals surface area contributed by atoms with E-state index in [0.29, 0.717) is 17.1 Å². The van der Waals surface area contributed by atoms with E-state index in [1.54, 1.807) is 49.4 Å². The van der Waals surface area contributed by atoms with E-state index in [4.69, 9.17) is 11.6 Å². The molecular weight excluding hydrogens is 522 g/mol. The van der Waals surface area contributed by atoms with Crippen molar-refractivity contribution in [1.29, 1.82) is 0 Å². The largest absolute Gasteiger partial charge is 0.352 e. The lowest BCUT2D eigenvalue weighted by atomic mass is 10.1. The Bertz CT molecular complexity index is 1300. The molecule has 202 valence electrons. The zero-order valence-corrected chi connectivity index (χ0v) is 23.5. The lowest BCUT2D eigenvalue weighted by Gasteiger charge is -2.32. The molecule has 0 fully saturated rings. The van der Waals surface area contributed by atoms with E-state index in [-0.39, 0.29) is 23.4 Å². The number of carbonyl (C=O) groups is 2. The van der Waals surface area contributed by atoms with Crippen LogP contribution >= 0.6 is 11.6 Å². The molecule has 7 nitrogen and oxygen atoms in total. The van der Waals surface area contributed by atoms with Gasteiger partial charge in [-0.3, -0.25) is 13.9 Å². The van der Waals surface area contributed by atoms with Crippen LogP contribution in [0.15, 0.2) is 89.8 Å². The molecule has 0 radical (unpaired) electrons. The minimum absolute atomic E-state index is 0.0555. The number of halogens is 1. The molecule has 0 aromatic heterocycles. The summed E-state index contributed by atoms with van der Waals surface area (Å²) < 4.78 is 28.4. The number of hydrogen-bond acceptors (Lipinski definition) is 4. The standard InChI is InChI=1S/C29H34ClN3O4S/c1-4-22(2)31-29(35)23(3)32(20-19-24-11-7-5-8-12-24)28(34)21-33(26-17-15-25(30)16-18-26)38(36,37)27-13-9-6-10-14-27/h5-18,22-23H,4,19-21H2,1-3H3,(H,31,35)/t22-,23-/m1/s1. The number of amides is 2. The van der Waals surface area contributed by atoms with E-state index < -0.39 is 28.5 Å². The molecule has 0 bridgehead atoms. The van der Waals surface area contributed by atoms with Crippen molar-refractivity contribution in [1.82, 2.24) is 10.2 Å². The molecule has 2 amide bonds. The third kappa shape index (κ3) is 7.58. The average Bonchev–Trinajstić information content (AvgIpc) is 2.93. The van der Waals surface area contributed by atoms with E-state index in [1.807, 2.05) is 44.2 Å². The van der Waals surface area contributed by atoms with Gasteiger partial charge >= 0.3 is 0 Å². The van der Waals surface area contributed by atoms with Crippen molar-refractivity contribution in [3.8, 4) is 0 Å². The van der Waals surface area contributed by atoms with Crippen LogP contribution in [-0.4, -0.2) is 50.3 Å². The van der Waals surface area contributed by atoms with Gasteiger partial charge in [0, 0.05) is 17.6 Å². The van der Waals surface area contributed by atoms with Crippen LogP contribution in [0.2, 0.25) is 5.02 Å². The highest BCUT2D eigenvalue weighted by Gasteiger charge is 2.32. The van der Waals surface area contributed by atoms with Crippen LogP contribution in [0, 0.1) is 0 Å². The van der Waals surface area contributed by atoms with E-state index in [0.717, 1.165) is 16.3 Å². The Balaban J connectivity index is 1.95. The summed E-state index contributed by atoms with van der Waals surface area (Å²) in [4.78, 5) is 28.3. The van der Waals surface area contributed by atoms with Gasteiger partial charge in [0.15, 0.2) is 0 Å². The van der Waals surface area contributed by atoms with Gasteiger partial charge in [-0.2, -0.15) is 0 Å². The number of sulfonamides is 1. The molecule has 3 rings (SSSR count). The van der Waals surface area contributed by atoms with E-state index in [1.165, 1.54) is 17.0 Å². The van der Waals surface area contributed by atoms with Crippen molar-refractivity contribution in [3.05, 3.63) is 95.5 Å². The normalized spacial score (nSPS) is 12.8. The van der Waals surface area contributed by atoms with Gasteiger partial charge in [-0.15, -0.1) is 0 Å². The first-order valence-electron chi connectivity index (χ1n) is 12.6. The van der Waals surface area contributed by atoms with Crippen LogP contribution in [0.5, 0.6) is 0 Å². The highest BCUT2D eigenvalue weighted by Crippen LogP contribution is 2.25. The number of anilines is 1. The van der Waals surface area contributed by atoms with Gasteiger partial charge in [0.05, 0.1) is 10.6 Å². The predicted molar refractivity (Wildman–Crippen MR) is 152 cm³/mol. The Labute approximate surface area is 230 Å². The quantitative estimate of drug-likeness (QED) is 0.344. The van der Waals surface area contributed by atoms with Gasteiger partial charge in [-0.05, 0) is 68.7 Å². The molecule has 0 aliphatic rings. The second kappa shape index (κ2) is 13.4. The van der Waals surface area contributed by atoms with Crippen molar-refractivity contribution in [2.24, 2.45) is 0 Å². The van der Waals surface area contributed by atoms with Gasteiger partial charge in [-0.1, -0.05) is 67.1 Å². The minimum atomic E-state index is -4.09. The minimum Gasteiger partial charge on any atom is -0.352 e. The SMILES string of the molecule is CC[C@@H](C)NC(=O)[C@@H](C)N(CCc1ccccc1)C(=O)CN(c1ccc(Cl)cc1)S(=O)(=O)c1ccccc1. The fourth-order valence-electron chi connectivity index (χ4n) is 3.89. The fourth-order valence-corrected chi connectivity index (χ4v) is 5.45. The zero-order valence-electron chi connectivity index (χ0n) is 21.9. The Morgan fingerprint density at radius 3 is 2.05 bits per heavy atom. The van der Waals surface area contributed by atoms with Gasteiger partial charge < -0.3 is 10.2 Å². The van der Waals surface area contributed by atoms with Crippen LogP contribution in [0.4, 0.5) is 5.69 Å². The monoisotopic (exact) mass is 555 g/mol. The average molecular weight is 556 g/mol. The third-order valence-corrected chi connectivity index (χ3v) is 8.42. The summed E-state index contributed by atoms with van der Waals surface area (Å²) in [7, 11) is -4.09. The molecule has 3 aromatic carbocycles. The summed E-state index contributed by atoms with van der Waals surface area (Å²) in [6, 6.07) is 23.0. The van der Waals surface area contributed by atoms with E-state index in [9.17, 15) is 18.0 Å². The predicted octanol–water partition coefficient (Wildman–Crippen LogP) is 4.91. The molecule has 0 heterocycles. The third-order valence-electron chi connectivity index (χ3n) is 6.38. The molecule has 0 unspecified atom stereocenters. The maximum Gasteiger partial charge on any atom is 0.264 e. The molecule has 0 aliphatic carbocycles. The summed E-state index contributed by atoms with van der Waals surface area (Å²) >= 11 is 6.05. The summed E-state index contributed by atoms with van der Waals surface area (Å²) in [6.07, 6.45) is 1.26. The van der Waals surface area contributed by atoms with Crippen LogP contribution in [0.3, 0.4) is 0 Å². The maximum atomic E-state index is 13.8. The smallest absolute Gasteiger partial charge is 0.264 e. The van der Waals surface area contributed by atoms with Gasteiger partial charge in [0.2, 0.25) is 11.8 Å².